The standard InChI is InChI=1S/C11H10BrN5O2/c1-6-4-7(12)2-3-8(6)15-9(18)10(19)16-11-13-5-14-17-11/h2-5H,1H3,(H,15,18)(H2,13,14,16,17,19). The molecule has 8 heteroatoms. The molecule has 0 aliphatic heterocycles. The zero-order valence-electron chi connectivity index (χ0n) is 9.90. The van der Waals surface area contributed by atoms with Crippen molar-refractivity contribution in [3.63, 3.8) is 0 Å². The fourth-order valence-electron chi connectivity index (χ4n) is 1.38. The van der Waals surface area contributed by atoms with Gasteiger partial charge in [0.2, 0.25) is 5.95 Å². The largest absolute Gasteiger partial charge is 0.318 e. The minimum Gasteiger partial charge on any atom is -0.318 e. The number of nitrogens with zero attached hydrogens (tertiary/aromatic N) is 2. The first kappa shape index (κ1) is 13.2. The number of carbonyl (C=O) groups is 2. The van der Waals surface area contributed by atoms with E-state index in [4.69, 9.17) is 0 Å². The third-order valence-electron chi connectivity index (χ3n) is 2.29. The number of amides is 2. The van der Waals surface area contributed by atoms with Crippen molar-refractivity contribution >= 4 is 39.4 Å². The highest BCUT2D eigenvalue weighted by Gasteiger charge is 2.15. The Morgan fingerprint density at radius 3 is 2.63 bits per heavy atom. The Kier molecular flexibility index (Phi) is 3.91. The number of aromatic nitrogens is 3. The van der Waals surface area contributed by atoms with Crippen molar-refractivity contribution in [2.24, 2.45) is 0 Å². The number of carbonyl (C=O) groups excluding carboxylic acids is 2. The summed E-state index contributed by atoms with van der Waals surface area (Å²) in [5, 5.41) is 10.8. The summed E-state index contributed by atoms with van der Waals surface area (Å²) in [6.07, 6.45) is 1.23. The average molecular weight is 324 g/mol. The van der Waals surface area contributed by atoms with Gasteiger partial charge in [-0.3, -0.25) is 14.9 Å². The molecule has 19 heavy (non-hydrogen) atoms. The molecule has 98 valence electrons. The molecule has 1 aromatic carbocycles. The molecule has 0 unspecified atom stereocenters. The summed E-state index contributed by atoms with van der Waals surface area (Å²) < 4.78 is 0.897. The fourth-order valence-corrected chi connectivity index (χ4v) is 1.85. The summed E-state index contributed by atoms with van der Waals surface area (Å²) in [7, 11) is 0. The molecule has 0 aliphatic rings. The number of nitrogens with one attached hydrogen (secondary N) is 3. The summed E-state index contributed by atoms with van der Waals surface area (Å²) in [5.74, 6) is -1.48. The molecule has 3 N–H and O–H groups in total. The Labute approximate surface area is 116 Å². The molecule has 0 saturated heterocycles. The van der Waals surface area contributed by atoms with E-state index in [1.807, 2.05) is 13.0 Å². The van der Waals surface area contributed by atoms with E-state index in [1.54, 1.807) is 12.1 Å². The quantitative estimate of drug-likeness (QED) is 0.728. The van der Waals surface area contributed by atoms with E-state index in [0.717, 1.165) is 10.0 Å². The minimum absolute atomic E-state index is 0.118. The maximum Gasteiger partial charge on any atom is 0.316 e. The normalized spacial score (nSPS) is 10.0. The van der Waals surface area contributed by atoms with Gasteiger partial charge in [-0.05, 0) is 30.7 Å². The average Bonchev–Trinajstić information content (AvgIpc) is 2.85. The van der Waals surface area contributed by atoms with E-state index in [2.05, 4.69) is 41.7 Å². The lowest BCUT2D eigenvalue weighted by Gasteiger charge is -2.08. The van der Waals surface area contributed by atoms with E-state index in [-0.39, 0.29) is 5.95 Å². The molecule has 2 amide bonds. The summed E-state index contributed by atoms with van der Waals surface area (Å²) in [4.78, 5) is 26.9. The van der Waals surface area contributed by atoms with E-state index in [9.17, 15) is 9.59 Å². The highest BCUT2D eigenvalue weighted by atomic mass is 79.9. The first-order valence-electron chi connectivity index (χ1n) is 5.30. The Hall–Kier alpha value is -2.22. The van der Waals surface area contributed by atoms with Gasteiger partial charge in [-0.15, -0.1) is 0 Å². The number of rotatable bonds is 2. The predicted octanol–water partition coefficient (Wildman–Crippen LogP) is 1.45. The van der Waals surface area contributed by atoms with Crippen molar-refractivity contribution in [1.82, 2.24) is 15.2 Å². The maximum absolute atomic E-state index is 11.7. The summed E-state index contributed by atoms with van der Waals surface area (Å²) in [5.41, 5.74) is 1.41. The lowest BCUT2D eigenvalue weighted by molar-refractivity contribution is -0.133. The lowest BCUT2D eigenvalue weighted by atomic mass is 10.2. The highest BCUT2D eigenvalue weighted by molar-refractivity contribution is 9.10. The van der Waals surface area contributed by atoms with Crippen molar-refractivity contribution in [3.05, 3.63) is 34.6 Å². The molecule has 0 spiro atoms. The second kappa shape index (κ2) is 5.61. The molecule has 0 saturated carbocycles. The van der Waals surface area contributed by atoms with Gasteiger partial charge in [0.1, 0.15) is 6.33 Å². The Morgan fingerprint density at radius 1 is 1.26 bits per heavy atom. The molecular formula is C11H10BrN5O2. The van der Waals surface area contributed by atoms with E-state index < -0.39 is 11.8 Å². The molecule has 0 fully saturated rings. The Bertz CT molecular complexity index is 612. The van der Waals surface area contributed by atoms with Gasteiger partial charge < -0.3 is 5.32 Å². The van der Waals surface area contributed by atoms with Crippen LogP contribution in [0.25, 0.3) is 0 Å². The molecule has 1 aromatic heterocycles. The molecule has 0 radical (unpaired) electrons. The van der Waals surface area contributed by atoms with E-state index in [1.165, 1.54) is 6.33 Å². The fraction of sp³-hybridized carbons (Fsp3) is 0.0909. The van der Waals surface area contributed by atoms with Gasteiger partial charge >= 0.3 is 11.8 Å². The lowest BCUT2D eigenvalue weighted by Crippen LogP contribution is -2.29. The van der Waals surface area contributed by atoms with Gasteiger partial charge in [0.15, 0.2) is 0 Å². The number of hydrogen-bond acceptors (Lipinski definition) is 4. The molecule has 0 atom stereocenters. The number of aryl methyl sites for hydroxylation is 1. The van der Waals surface area contributed by atoms with Crippen LogP contribution in [-0.2, 0) is 9.59 Å². The number of halogens is 1. The van der Waals surface area contributed by atoms with Crippen LogP contribution < -0.4 is 10.6 Å². The van der Waals surface area contributed by atoms with Gasteiger partial charge in [0, 0.05) is 10.2 Å². The van der Waals surface area contributed by atoms with Gasteiger partial charge in [0.25, 0.3) is 0 Å². The molecule has 1 heterocycles. The van der Waals surface area contributed by atoms with E-state index >= 15 is 0 Å². The van der Waals surface area contributed by atoms with Gasteiger partial charge in [-0.1, -0.05) is 15.9 Å². The number of aromatic amines is 1. The second-order valence-corrected chi connectivity index (χ2v) is 4.62. The van der Waals surface area contributed by atoms with Crippen LogP contribution in [-0.4, -0.2) is 27.0 Å². The van der Waals surface area contributed by atoms with Crippen LogP contribution in [0.1, 0.15) is 5.56 Å². The first-order chi connectivity index (χ1) is 9.06. The number of anilines is 2. The summed E-state index contributed by atoms with van der Waals surface area (Å²) in [6.45, 7) is 1.83. The summed E-state index contributed by atoms with van der Waals surface area (Å²) >= 11 is 3.32. The van der Waals surface area contributed by atoms with Crippen LogP contribution in [0.15, 0.2) is 29.0 Å². The van der Waals surface area contributed by atoms with Crippen LogP contribution in [0.3, 0.4) is 0 Å². The molecular weight excluding hydrogens is 314 g/mol. The van der Waals surface area contributed by atoms with E-state index in [0.29, 0.717) is 5.69 Å². The van der Waals surface area contributed by atoms with Crippen molar-refractivity contribution < 1.29 is 9.59 Å². The second-order valence-electron chi connectivity index (χ2n) is 3.70. The number of benzene rings is 1. The Morgan fingerprint density at radius 2 is 2.00 bits per heavy atom. The molecule has 2 rings (SSSR count). The van der Waals surface area contributed by atoms with Crippen molar-refractivity contribution in [3.8, 4) is 0 Å². The monoisotopic (exact) mass is 323 g/mol. The summed E-state index contributed by atoms with van der Waals surface area (Å²) in [6, 6.07) is 5.32. The number of H-pyrrole nitrogens is 1. The smallest absolute Gasteiger partial charge is 0.316 e. The Balaban J connectivity index is 2.02. The van der Waals surface area contributed by atoms with Crippen LogP contribution in [0.4, 0.5) is 11.6 Å². The minimum atomic E-state index is -0.820. The third kappa shape index (κ3) is 3.38. The topological polar surface area (TPSA) is 99.8 Å². The zero-order valence-corrected chi connectivity index (χ0v) is 11.5. The van der Waals surface area contributed by atoms with Gasteiger partial charge in [0.05, 0.1) is 0 Å². The molecule has 0 bridgehead atoms. The number of hydrogen-bond donors (Lipinski definition) is 3. The van der Waals surface area contributed by atoms with Crippen molar-refractivity contribution in [2.45, 2.75) is 6.92 Å². The zero-order chi connectivity index (χ0) is 13.8. The van der Waals surface area contributed by atoms with Crippen LogP contribution in [0.5, 0.6) is 0 Å². The molecule has 7 nitrogen and oxygen atoms in total. The van der Waals surface area contributed by atoms with Crippen molar-refractivity contribution in [2.75, 3.05) is 10.6 Å². The first-order valence-corrected chi connectivity index (χ1v) is 6.09. The van der Waals surface area contributed by atoms with Crippen LogP contribution in [0.2, 0.25) is 0 Å². The van der Waals surface area contributed by atoms with Gasteiger partial charge in [-0.2, -0.15) is 10.1 Å². The third-order valence-corrected chi connectivity index (χ3v) is 2.78. The van der Waals surface area contributed by atoms with Crippen LogP contribution >= 0.6 is 15.9 Å². The SMILES string of the molecule is Cc1cc(Br)ccc1NC(=O)C(=O)Nc1ncn[nH]1. The van der Waals surface area contributed by atoms with Gasteiger partial charge in [-0.25, -0.2) is 5.10 Å². The van der Waals surface area contributed by atoms with Crippen LogP contribution in [0, 0.1) is 6.92 Å². The predicted molar refractivity (Wildman–Crippen MR) is 72.5 cm³/mol. The maximum atomic E-state index is 11.7. The molecule has 2 aromatic rings. The highest BCUT2D eigenvalue weighted by Crippen LogP contribution is 2.19. The molecule has 0 aliphatic carbocycles. The van der Waals surface area contributed by atoms with Crippen molar-refractivity contribution in [1.29, 1.82) is 0 Å².